The smallest absolute Gasteiger partial charge is 0.199 e. The van der Waals surface area contributed by atoms with E-state index in [4.69, 9.17) is 14.3 Å². The van der Waals surface area contributed by atoms with Crippen LogP contribution in [0.1, 0.15) is 23.9 Å². The number of rotatable bonds is 2. The van der Waals surface area contributed by atoms with E-state index < -0.39 is 0 Å². The Morgan fingerprint density at radius 1 is 1.67 bits per heavy atom. The van der Waals surface area contributed by atoms with Crippen LogP contribution in [-0.4, -0.2) is 23.3 Å². The predicted molar refractivity (Wildman–Crippen MR) is 40.6 cm³/mol. The molecule has 2 heterocycles. The molecule has 1 aliphatic heterocycles. The fourth-order valence-electron chi connectivity index (χ4n) is 1.31. The summed E-state index contributed by atoms with van der Waals surface area (Å²) in [6, 6.07) is 0. The van der Waals surface area contributed by atoms with Gasteiger partial charge in [-0.2, -0.15) is 0 Å². The van der Waals surface area contributed by atoms with Gasteiger partial charge in [-0.05, 0) is 6.42 Å². The Bertz CT molecular complexity index is 253. The minimum absolute atomic E-state index is 0.0585. The van der Waals surface area contributed by atoms with Gasteiger partial charge in [0.25, 0.3) is 0 Å². The lowest BCUT2D eigenvalue weighted by molar-refractivity contribution is 0.190. The molecule has 1 N–H and O–H groups in total. The molecular formula is C8H11NO3. The zero-order valence-corrected chi connectivity index (χ0v) is 6.69. The number of aliphatic hydroxyl groups excluding tert-OH is 1. The van der Waals surface area contributed by atoms with Crippen molar-refractivity contribution in [3.8, 4) is 0 Å². The van der Waals surface area contributed by atoms with Gasteiger partial charge in [-0.15, -0.1) is 0 Å². The zero-order valence-electron chi connectivity index (χ0n) is 6.69. The molecule has 1 saturated heterocycles. The van der Waals surface area contributed by atoms with Gasteiger partial charge in [0.1, 0.15) is 12.0 Å². The molecule has 1 fully saturated rings. The van der Waals surface area contributed by atoms with Crippen LogP contribution in [0.3, 0.4) is 0 Å². The summed E-state index contributed by atoms with van der Waals surface area (Å²) in [4.78, 5) is 4.11. The van der Waals surface area contributed by atoms with Crippen LogP contribution in [0.2, 0.25) is 0 Å². The zero-order chi connectivity index (χ0) is 8.39. The highest BCUT2D eigenvalue weighted by atomic mass is 16.5. The third-order valence-electron chi connectivity index (χ3n) is 2.01. The second kappa shape index (κ2) is 3.25. The van der Waals surface area contributed by atoms with E-state index in [0.29, 0.717) is 18.2 Å². The Labute approximate surface area is 70.2 Å². The number of aliphatic hydroxyl groups is 1. The van der Waals surface area contributed by atoms with Gasteiger partial charge in [0.2, 0.25) is 0 Å². The van der Waals surface area contributed by atoms with Crippen molar-refractivity contribution in [2.45, 2.75) is 18.9 Å². The fraction of sp³-hybridized carbons (Fsp3) is 0.625. The molecule has 1 aromatic rings. The second-order valence-corrected chi connectivity index (χ2v) is 2.90. The molecule has 0 amide bonds. The van der Waals surface area contributed by atoms with Crippen molar-refractivity contribution in [1.82, 2.24) is 4.98 Å². The summed E-state index contributed by atoms with van der Waals surface area (Å²) in [5, 5.41) is 8.74. The number of aromatic nitrogens is 1. The van der Waals surface area contributed by atoms with Crippen molar-refractivity contribution < 1.29 is 14.3 Å². The third-order valence-corrected chi connectivity index (χ3v) is 2.01. The summed E-state index contributed by atoms with van der Waals surface area (Å²) >= 11 is 0. The molecule has 0 spiro atoms. The quantitative estimate of drug-likeness (QED) is 0.707. The molecule has 1 atom stereocenters. The molecule has 2 rings (SSSR count). The summed E-state index contributed by atoms with van der Waals surface area (Å²) in [5.41, 5.74) is 0.594. The Morgan fingerprint density at radius 3 is 3.17 bits per heavy atom. The standard InChI is InChI=1S/C8H11NO3/c10-3-7-5-12-8(9-7)6-1-2-11-4-6/h5-6,10H,1-4H2. The van der Waals surface area contributed by atoms with Crippen molar-refractivity contribution in [1.29, 1.82) is 0 Å². The summed E-state index contributed by atoms with van der Waals surface area (Å²) in [7, 11) is 0. The van der Waals surface area contributed by atoms with Gasteiger partial charge in [0, 0.05) is 6.61 Å². The van der Waals surface area contributed by atoms with Crippen molar-refractivity contribution >= 4 is 0 Å². The van der Waals surface area contributed by atoms with Crippen molar-refractivity contribution in [2.24, 2.45) is 0 Å². The number of ether oxygens (including phenoxy) is 1. The van der Waals surface area contributed by atoms with Gasteiger partial charge in [0.15, 0.2) is 5.89 Å². The highest BCUT2D eigenvalue weighted by Gasteiger charge is 2.22. The first-order chi connectivity index (χ1) is 5.90. The predicted octanol–water partition coefficient (Wildman–Crippen LogP) is 0.671. The average molecular weight is 169 g/mol. The maximum atomic E-state index is 8.74. The summed E-state index contributed by atoms with van der Waals surface area (Å²) in [6.07, 6.45) is 2.46. The first kappa shape index (κ1) is 7.76. The molecule has 0 saturated carbocycles. The summed E-state index contributed by atoms with van der Waals surface area (Å²) < 4.78 is 10.4. The molecular weight excluding hydrogens is 158 g/mol. The minimum atomic E-state index is -0.0585. The van der Waals surface area contributed by atoms with Crippen LogP contribution in [0, 0.1) is 0 Å². The highest BCUT2D eigenvalue weighted by Crippen LogP contribution is 2.24. The molecule has 4 nitrogen and oxygen atoms in total. The van der Waals surface area contributed by atoms with Crippen LogP contribution in [0.5, 0.6) is 0 Å². The SMILES string of the molecule is OCc1coc(C2CCOC2)n1. The number of hydrogen-bond donors (Lipinski definition) is 1. The first-order valence-corrected chi connectivity index (χ1v) is 4.03. The van der Waals surface area contributed by atoms with Crippen molar-refractivity contribution in [3.63, 3.8) is 0 Å². The molecule has 0 bridgehead atoms. The van der Waals surface area contributed by atoms with E-state index in [1.807, 2.05) is 0 Å². The molecule has 0 radical (unpaired) electrons. The monoisotopic (exact) mass is 169 g/mol. The molecule has 12 heavy (non-hydrogen) atoms. The van der Waals surface area contributed by atoms with E-state index in [9.17, 15) is 0 Å². The first-order valence-electron chi connectivity index (χ1n) is 4.03. The van der Waals surface area contributed by atoms with Crippen molar-refractivity contribution in [2.75, 3.05) is 13.2 Å². The van der Waals surface area contributed by atoms with E-state index in [2.05, 4.69) is 4.98 Å². The van der Waals surface area contributed by atoms with E-state index >= 15 is 0 Å². The van der Waals surface area contributed by atoms with Crippen LogP contribution in [0.4, 0.5) is 0 Å². The van der Waals surface area contributed by atoms with Gasteiger partial charge in [-0.25, -0.2) is 4.98 Å². The maximum absolute atomic E-state index is 8.74. The van der Waals surface area contributed by atoms with Crippen molar-refractivity contribution in [3.05, 3.63) is 17.8 Å². The highest BCUT2D eigenvalue weighted by molar-refractivity contribution is 5.00. The minimum Gasteiger partial charge on any atom is -0.448 e. The molecule has 0 aliphatic carbocycles. The lowest BCUT2D eigenvalue weighted by Crippen LogP contribution is -1.97. The second-order valence-electron chi connectivity index (χ2n) is 2.90. The van der Waals surface area contributed by atoms with E-state index in [-0.39, 0.29) is 12.5 Å². The third kappa shape index (κ3) is 1.35. The molecule has 1 unspecified atom stereocenters. The molecule has 1 aromatic heterocycles. The Morgan fingerprint density at radius 2 is 2.58 bits per heavy atom. The summed E-state index contributed by atoms with van der Waals surface area (Å²) in [5.74, 6) is 0.974. The van der Waals surface area contributed by atoms with Crippen LogP contribution in [0.15, 0.2) is 10.7 Å². The molecule has 66 valence electrons. The lowest BCUT2D eigenvalue weighted by Gasteiger charge is -1.98. The largest absolute Gasteiger partial charge is 0.448 e. The molecule has 4 heteroatoms. The summed E-state index contributed by atoms with van der Waals surface area (Å²) in [6.45, 7) is 1.41. The van der Waals surface area contributed by atoms with E-state index in [0.717, 1.165) is 13.0 Å². The Hall–Kier alpha value is -0.870. The van der Waals surface area contributed by atoms with E-state index in [1.165, 1.54) is 6.26 Å². The lowest BCUT2D eigenvalue weighted by atomic mass is 10.1. The fourth-order valence-corrected chi connectivity index (χ4v) is 1.31. The van der Waals surface area contributed by atoms with Gasteiger partial charge in [0.05, 0.1) is 19.1 Å². The Balaban J connectivity index is 2.11. The van der Waals surface area contributed by atoms with Crippen LogP contribution >= 0.6 is 0 Å². The Kier molecular flexibility index (Phi) is 2.10. The van der Waals surface area contributed by atoms with Gasteiger partial charge < -0.3 is 14.3 Å². The maximum Gasteiger partial charge on any atom is 0.199 e. The topological polar surface area (TPSA) is 55.5 Å². The van der Waals surface area contributed by atoms with E-state index in [1.54, 1.807) is 0 Å². The molecule has 0 aromatic carbocycles. The van der Waals surface area contributed by atoms with Gasteiger partial charge in [-0.1, -0.05) is 0 Å². The normalized spacial score (nSPS) is 23.2. The van der Waals surface area contributed by atoms with Crippen LogP contribution in [0.25, 0.3) is 0 Å². The average Bonchev–Trinajstić information content (AvgIpc) is 2.75. The number of nitrogens with zero attached hydrogens (tertiary/aromatic N) is 1. The van der Waals surface area contributed by atoms with Crippen LogP contribution < -0.4 is 0 Å². The van der Waals surface area contributed by atoms with Gasteiger partial charge >= 0.3 is 0 Å². The number of hydrogen-bond acceptors (Lipinski definition) is 4. The van der Waals surface area contributed by atoms with Crippen LogP contribution in [-0.2, 0) is 11.3 Å². The van der Waals surface area contributed by atoms with Gasteiger partial charge in [-0.3, -0.25) is 0 Å². The molecule has 1 aliphatic rings. The number of oxazole rings is 1.